The highest BCUT2D eigenvalue weighted by atomic mass is 19.1. The van der Waals surface area contributed by atoms with Crippen LogP contribution in [0.4, 0.5) is 15.8 Å². The number of carbonyl (C=O) groups is 1. The van der Waals surface area contributed by atoms with Crippen LogP contribution in [0.1, 0.15) is 11.1 Å². The molecule has 0 atom stereocenters. The van der Waals surface area contributed by atoms with E-state index in [1.54, 1.807) is 12.1 Å². The lowest BCUT2D eigenvalue weighted by Gasteiger charge is -2.09. The number of halogens is 1. The van der Waals surface area contributed by atoms with E-state index in [9.17, 15) is 9.18 Å². The van der Waals surface area contributed by atoms with Gasteiger partial charge in [-0.15, -0.1) is 0 Å². The summed E-state index contributed by atoms with van der Waals surface area (Å²) in [6, 6.07) is 12.3. The molecular weight excluding hydrogens is 255 g/mol. The fraction of sp³-hybridized carbons (Fsp3) is 0.188. The lowest BCUT2D eigenvalue weighted by molar-refractivity contribution is -0.114. The van der Waals surface area contributed by atoms with Gasteiger partial charge in [-0.2, -0.15) is 0 Å². The normalized spacial score (nSPS) is 10.2. The summed E-state index contributed by atoms with van der Waals surface area (Å²) in [6.45, 7) is 3.87. The summed E-state index contributed by atoms with van der Waals surface area (Å²) in [7, 11) is 0. The van der Waals surface area contributed by atoms with Crippen molar-refractivity contribution in [3.05, 3.63) is 59.4 Å². The van der Waals surface area contributed by atoms with Crippen LogP contribution in [0.5, 0.6) is 0 Å². The fourth-order valence-corrected chi connectivity index (χ4v) is 1.79. The van der Waals surface area contributed by atoms with Crippen molar-refractivity contribution in [1.29, 1.82) is 0 Å². The van der Waals surface area contributed by atoms with Gasteiger partial charge in [0.1, 0.15) is 5.82 Å². The van der Waals surface area contributed by atoms with Gasteiger partial charge in [0.2, 0.25) is 5.91 Å². The first-order chi connectivity index (χ1) is 9.54. The molecule has 2 N–H and O–H groups in total. The SMILES string of the molecule is Cc1ccc(NC(=O)CNc2cc(C)ccc2F)cc1. The van der Waals surface area contributed by atoms with Crippen molar-refractivity contribution in [1.82, 2.24) is 0 Å². The van der Waals surface area contributed by atoms with Crippen molar-refractivity contribution in [2.75, 3.05) is 17.2 Å². The van der Waals surface area contributed by atoms with Crippen LogP contribution in [-0.4, -0.2) is 12.5 Å². The van der Waals surface area contributed by atoms with E-state index in [1.165, 1.54) is 6.07 Å². The molecule has 20 heavy (non-hydrogen) atoms. The molecule has 0 saturated carbocycles. The summed E-state index contributed by atoms with van der Waals surface area (Å²) in [5, 5.41) is 5.55. The fourth-order valence-electron chi connectivity index (χ4n) is 1.79. The molecular formula is C16H17FN2O. The van der Waals surface area contributed by atoms with E-state index in [0.29, 0.717) is 5.69 Å². The molecule has 0 unspecified atom stereocenters. The minimum atomic E-state index is -0.362. The molecule has 0 aliphatic carbocycles. The molecule has 2 rings (SSSR count). The van der Waals surface area contributed by atoms with Gasteiger partial charge in [-0.3, -0.25) is 4.79 Å². The number of aryl methyl sites for hydroxylation is 2. The number of hydrogen-bond donors (Lipinski definition) is 2. The summed E-state index contributed by atoms with van der Waals surface area (Å²) in [4.78, 5) is 11.8. The zero-order valence-corrected chi connectivity index (χ0v) is 11.5. The first-order valence-corrected chi connectivity index (χ1v) is 6.41. The molecule has 0 aromatic heterocycles. The van der Waals surface area contributed by atoms with Gasteiger partial charge in [-0.25, -0.2) is 4.39 Å². The van der Waals surface area contributed by atoms with Crippen LogP contribution in [0.3, 0.4) is 0 Å². The summed E-state index contributed by atoms with van der Waals surface area (Å²) in [6.07, 6.45) is 0. The molecule has 0 aliphatic rings. The van der Waals surface area contributed by atoms with Crippen molar-refractivity contribution < 1.29 is 9.18 Å². The monoisotopic (exact) mass is 272 g/mol. The van der Waals surface area contributed by atoms with Gasteiger partial charge in [-0.1, -0.05) is 23.8 Å². The lowest BCUT2D eigenvalue weighted by Crippen LogP contribution is -2.22. The van der Waals surface area contributed by atoms with E-state index in [0.717, 1.165) is 16.8 Å². The largest absolute Gasteiger partial charge is 0.374 e. The molecule has 0 aliphatic heterocycles. The molecule has 0 heterocycles. The number of hydrogen-bond acceptors (Lipinski definition) is 2. The van der Waals surface area contributed by atoms with Gasteiger partial charge >= 0.3 is 0 Å². The zero-order valence-electron chi connectivity index (χ0n) is 11.5. The number of benzene rings is 2. The van der Waals surface area contributed by atoms with Gasteiger partial charge in [0.05, 0.1) is 12.2 Å². The van der Waals surface area contributed by atoms with Crippen LogP contribution >= 0.6 is 0 Å². The van der Waals surface area contributed by atoms with Crippen molar-refractivity contribution in [2.45, 2.75) is 13.8 Å². The Morgan fingerprint density at radius 1 is 1.05 bits per heavy atom. The highest BCUT2D eigenvalue weighted by Crippen LogP contribution is 2.15. The number of rotatable bonds is 4. The molecule has 0 fully saturated rings. The smallest absolute Gasteiger partial charge is 0.243 e. The van der Waals surface area contributed by atoms with Gasteiger partial charge < -0.3 is 10.6 Å². The van der Waals surface area contributed by atoms with E-state index in [2.05, 4.69) is 10.6 Å². The summed E-state index contributed by atoms with van der Waals surface area (Å²) < 4.78 is 13.5. The number of nitrogens with one attached hydrogen (secondary N) is 2. The Labute approximate surface area is 117 Å². The van der Waals surface area contributed by atoms with Crippen molar-refractivity contribution in [3.63, 3.8) is 0 Å². The summed E-state index contributed by atoms with van der Waals surface area (Å²) >= 11 is 0. The highest BCUT2D eigenvalue weighted by molar-refractivity contribution is 5.93. The van der Waals surface area contributed by atoms with Crippen LogP contribution in [0.15, 0.2) is 42.5 Å². The molecule has 104 valence electrons. The molecule has 2 aromatic rings. The molecule has 0 spiro atoms. The third-order valence-corrected chi connectivity index (χ3v) is 2.90. The van der Waals surface area contributed by atoms with E-state index >= 15 is 0 Å². The van der Waals surface area contributed by atoms with Crippen molar-refractivity contribution in [3.8, 4) is 0 Å². The average Bonchev–Trinajstić information content (AvgIpc) is 2.42. The van der Waals surface area contributed by atoms with E-state index in [4.69, 9.17) is 0 Å². The maximum atomic E-state index is 13.5. The quantitative estimate of drug-likeness (QED) is 0.894. The third-order valence-electron chi connectivity index (χ3n) is 2.90. The Morgan fingerprint density at radius 2 is 1.70 bits per heavy atom. The number of anilines is 2. The maximum absolute atomic E-state index is 13.5. The van der Waals surface area contributed by atoms with Gasteiger partial charge in [0.15, 0.2) is 0 Å². The van der Waals surface area contributed by atoms with Crippen molar-refractivity contribution >= 4 is 17.3 Å². The Morgan fingerprint density at radius 3 is 2.40 bits per heavy atom. The molecule has 3 nitrogen and oxygen atoms in total. The minimum absolute atomic E-state index is 0.0221. The molecule has 4 heteroatoms. The molecule has 0 bridgehead atoms. The van der Waals surface area contributed by atoms with E-state index in [1.807, 2.05) is 38.1 Å². The zero-order chi connectivity index (χ0) is 14.5. The standard InChI is InChI=1S/C16H17FN2O/c1-11-3-6-13(7-4-11)19-16(20)10-18-15-9-12(2)5-8-14(15)17/h3-9,18H,10H2,1-2H3,(H,19,20). The predicted molar refractivity (Wildman–Crippen MR) is 79.4 cm³/mol. The van der Waals surface area contributed by atoms with Crippen LogP contribution in [0.2, 0.25) is 0 Å². The second-order valence-electron chi connectivity index (χ2n) is 4.75. The third kappa shape index (κ3) is 3.82. The maximum Gasteiger partial charge on any atom is 0.243 e. The molecule has 0 saturated heterocycles. The first kappa shape index (κ1) is 14.1. The second-order valence-corrected chi connectivity index (χ2v) is 4.75. The van der Waals surface area contributed by atoms with Crippen LogP contribution in [0, 0.1) is 19.7 Å². The van der Waals surface area contributed by atoms with Crippen LogP contribution in [-0.2, 0) is 4.79 Å². The first-order valence-electron chi connectivity index (χ1n) is 6.41. The lowest BCUT2D eigenvalue weighted by atomic mass is 10.2. The Bertz CT molecular complexity index is 608. The summed E-state index contributed by atoms with van der Waals surface area (Å²) in [5.74, 6) is -0.575. The Balaban J connectivity index is 1.92. The van der Waals surface area contributed by atoms with Gasteiger partial charge in [0.25, 0.3) is 0 Å². The number of carbonyl (C=O) groups excluding carboxylic acids is 1. The van der Waals surface area contributed by atoms with E-state index in [-0.39, 0.29) is 18.3 Å². The Hall–Kier alpha value is -2.36. The molecule has 2 aromatic carbocycles. The minimum Gasteiger partial charge on any atom is -0.374 e. The van der Waals surface area contributed by atoms with Gasteiger partial charge in [0, 0.05) is 5.69 Å². The molecule has 1 amide bonds. The molecule has 0 radical (unpaired) electrons. The average molecular weight is 272 g/mol. The van der Waals surface area contributed by atoms with Crippen LogP contribution in [0.25, 0.3) is 0 Å². The highest BCUT2D eigenvalue weighted by Gasteiger charge is 2.05. The Kier molecular flexibility index (Phi) is 4.35. The topological polar surface area (TPSA) is 41.1 Å². The second kappa shape index (κ2) is 6.19. The van der Waals surface area contributed by atoms with Crippen LogP contribution < -0.4 is 10.6 Å². The van der Waals surface area contributed by atoms with E-state index < -0.39 is 0 Å². The predicted octanol–water partition coefficient (Wildman–Crippen LogP) is 3.49. The van der Waals surface area contributed by atoms with Crippen molar-refractivity contribution in [2.24, 2.45) is 0 Å². The number of amides is 1. The van der Waals surface area contributed by atoms with Gasteiger partial charge in [-0.05, 0) is 43.7 Å². The summed E-state index contributed by atoms with van der Waals surface area (Å²) in [5.41, 5.74) is 3.13.